The Hall–Kier alpha value is -2.15. The largest absolute Gasteiger partial charge is 0.391 e. The Balaban J connectivity index is 2.03. The molecule has 2 heterocycles. The lowest BCUT2D eigenvalue weighted by Gasteiger charge is -2.30. The van der Waals surface area contributed by atoms with Gasteiger partial charge in [0.2, 0.25) is 5.95 Å². The summed E-state index contributed by atoms with van der Waals surface area (Å²) in [5.41, 5.74) is 1.50. The van der Waals surface area contributed by atoms with Gasteiger partial charge in [-0.15, -0.1) is 0 Å². The lowest BCUT2D eigenvalue weighted by Crippen LogP contribution is -2.39. The first kappa shape index (κ1) is 12.9. The van der Waals surface area contributed by atoms with Gasteiger partial charge in [0.15, 0.2) is 0 Å². The summed E-state index contributed by atoms with van der Waals surface area (Å²) in [7, 11) is 1.89. The first-order valence-electron chi connectivity index (χ1n) is 6.60. The molecular formula is C13H16N4O3. The van der Waals surface area contributed by atoms with Crippen molar-refractivity contribution in [2.24, 2.45) is 7.05 Å². The molecular weight excluding hydrogens is 260 g/mol. The summed E-state index contributed by atoms with van der Waals surface area (Å²) < 4.78 is 1.91. The standard InChI is InChI=1S/C13H16N4O3/c1-15-12-5-4-9(17(19)20)7-11(12)14-13(15)16-6-2-3-10(18)8-16/h4-5,7,10,18H,2-3,6,8H2,1H3. The maximum Gasteiger partial charge on any atom is 0.271 e. The summed E-state index contributed by atoms with van der Waals surface area (Å²) in [5.74, 6) is 0.749. The molecule has 1 saturated heterocycles. The molecule has 1 aromatic heterocycles. The van der Waals surface area contributed by atoms with Gasteiger partial charge < -0.3 is 14.6 Å². The van der Waals surface area contributed by atoms with E-state index in [4.69, 9.17) is 0 Å². The number of aliphatic hydroxyl groups excluding tert-OH is 1. The number of nitro benzene ring substituents is 1. The topological polar surface area (TPSA) is 84.4 Å². The number of nitrogens with zero attached hydrogens (tertiary/aromatic N) is 4. The van der Waals surface area contributed by atoms with Crippen LogP contribution in [0.25, 0.3) is 11.0 Å². The first-order valence-corrected chi connectivity index (χ1v) is 6.60. The van der Waals surface area contributed by atoms with E-state index in [2.05, 4.69) is 4.98 Å². The fourth-order valence-corrected chi connectivity index (χ4v) is 2.71. The number of non-ortho nitro benzene ring substituents is 1. The van der Waals surface area contributed by atoms with Crippen LogP contribution < -0.4 is 4.90 Å². The number of benzene rings is 1. The van der Waals surface area contributed by atoms with Crippen LogP contribution in [0.1, 0.15) is 12.8 Å². The number of hydrogen-bond donors (Lipinski definition) is 1. The highest BCUT2D eigenvalue weighted by molar-refractivity contribution is 5.81. The minimum atomic E-state index is -0.418. The van der Waals surface area contributed by atoms with Gasteiger partial charge in [-0.2, -0.15) is 0 Å². The van der Waals surface area contributed by atoms with Crippen LogP contribution in [0.15, 0.2) is 18.2 Å². The SMILES string of the molecule is Cn1c(N2CCCC(O)C2)nc2cc([N+](=O)[O-])ccc21. The first-order chi connectivity index (χ1) is 9.56. The molecule has 1 atom stereocenters. The summed E-state index contributed by atoms with van der Waals surface area (Å²) in [6.45, 7) is 1.40. The number of aryl methyl sites for hydroxylation is 1. The van der Waals surface area contributed by atoms with Crippen LogP contribution in [0, 0.1) is 10.1 Å². The summed E-state index contributed by atoms with van der Waals surface area (Å²) in [6, 6.07) is 4.68. The van der Waals surface area contributed by atoms with E-state index in [1.54, 1.807) is 6.07 Å². The van der Waals surface area contributed by atoms with Crippen LogP contribution in [-0.2, 0) is 7.05 Å². The molecule has 106 valence electrons. The maximum atomic E-state index is 10.8. The number of aromatic nitrogens is 2. The van der Waals surface area contributed by atoms with Gasteiger partial charge in [0.1, 0.15) is 0 Å². The molecule has 0 saturated carbocycles. The van der Waals surface area contributed by atoms with Crippen LogP contribution in [0.3, 0.4) is 0 Å². The average molecular weight is 276 g/mol. The molecule has 1 aromatic carbocycles. The minimum Gasteiger partial charge on any atom is -0.391 e. The van der Waals surface area contributed by atoms with Crippen molar-refractivity contribution in [3.8, 4) is 0 Å². The highest BCUT2D eigenvalue weighted by Gasteiger charge is 2.22. The van der Waals surface area contributed by atoms with Crippen LogP contribution in [0.5, 0.6) is 0 Å². The van der Waals surface area contributed by atoms with Gasteiger partial charge in [-0.1, -0.05) is 0 Å². The van der Waals surface area contributed by atoms with Crippen molar-refractivity contribution in [3.63, 3.8) is 0 Å². The average Bonchev–Trinajstić information content (AvgIpc) is 2.75. The van der Waals surface area contributed by atoms with Gasteiger partial charge in [0, 0.05) is 32.3 Å². The van der Waals surface area contributed by atoms with Gasteiger partial charge in [-0.05, 0) is 18.9 Å². The maximum absolute atomic E-state index is 10.8. The Bertz CT molecular complexity index is 667. The van der Waals surface area contributed by atoms with Crippen molar-refractivity contribution in [2.75, 3.05) is 18.0 Å². The highest BCUT2D eigenvalue weighted by atomic mass is 16.6. The number of piperidine rings is 1. The van der Waals surface area contributed by atoms with Crippen molar-refractivity contribution in [1.29, 1.82) is 0 Å². The highest BCUT2D eigenvalue weighted by Crippen LogP contribution is 2.26. The van der Waals surface area contributed by atoms with Gasteiger partial charge in [-0.3, -0.25) is 10.1 Å². The number of rotatable bonds is 2. The summed E-state index contributed by atoms with van der Waals surface area (Å²) >= 11 is 0. The van der Waals surface area contributed by atoms with Crippen molar-refractivity contribution >= 4 is 22.7 Å². The number of β-amino-alcohol motifs (C(OH)–C–C–N with tert-alkyl or cyclic N) is 1. The van der Waals surface area contributed by atoms with E-state index in [9.17, 15) is 15.2 Å². The Labute approximate surface area is 115 Å². The smallest absolute Gasteiger partial charge is 0.271 e. The fourth-order valence-electron chi connectivity index (χ4n) is 2.71. The molecule has 0 radical (unpaired) electrons. The Morgan fingerprint density at radius 3 is 3.00 bits per heavy atom. The summed E-state index contributed by atoms with van der Waals surface area (Å²) in [5, 5.41) is 20.6. The quantitative estimate of drug-likeness (QED) is 0.662. The zero-order chi connectivity index (χ0) is 14.3. The van der Waals surface area contributed by atoms with E-state index in [0.717, 1.165) is 30.9 Å². The third-order valence-corrected chi connectivity index (χ3v) is 3.73. The second kappa shape index (κ2) is 4.75. The molecule has 0 amide bonds. The zero-order valence-corrected chi connectivity index (χ0v) is 11.2. The number of aliphatic hydroxyl groups is 1. The van der Waals surface area contributed by atoms with E-state index >= 15 is 0 Å². The molecule has 2 aromatic rings. The summed E-state index contributed by atoms with van der Waals surface area (Å²) in [6.07, 6.45) is 1.40. The molecule has 1 unspecified atom stereocenters. The predicted octanol–water partition coefficient (Wildman–Crippen LogP) is 1.44. The number of anilines is 1. The molecule has 20 heavy (non-hydrogen) atoms. The third kappa shape index (κ3) is 2.09. The van der Waals surface area contributed by atoms with E-state index in [1.807, 2.05) is 16.5 Å². The van der Waals surface area contributed by atoms with Crippen LogP contribution in [-0.4, -0.2) is 38.8 Å². The molecule has 7 nitrogen and oxygen atoms in total. The van der Waals surface area contributed by atoms with Crippen molar-refractivity contribution < 1.29 is 10.0 Å². The fraction of sp³-hybridized carbons (Fsp3) is 0.462. The molecule has 0 aliphatic carbocycles. The lowest BCUT2D eigenvalue weighted by atomic mass is 10.1. The summed E-state index contributed by atoms with van der Waals surface area (Å²) in [4.78, 5) is 16.9. The van der Waals surface area contributed by atoms with Crippen LogP contribution in [0.4, 0.5) is 11.6 Å². The van der Waals surface area contributed by atoms with Gasteiger partial charge in [0.25, 0.3) is 5.69 Å². The Morgan fingerprint density at radius 2 is 2.30 bits per heavy atom. The van der Waals surface area contributed by atoms with E-state index in [0.29, 0.717) is 12.1 Å². The number of hydrogen-bond acceptors (Lipinski definition) is 5. The van der Waals surface area contributed by atoms with Gasteiger partial charge >= 0.3 is 0 Å². The van der Waals surface area contributed by atoms with Crippen LogP contribution in [0.2, 0.25) is 0 Å². The third-order valence-electron chi connectivity index (χ3n) is 3.73. The number of fused-ring (bicyclic) bond motifs is 1. The lowest BCUT2D eigenvalue weighted by molar-refractivity contribution is -0.384. The molecule has 1 N–H and O–H groups in total. The second-order valence-electron chi connectivity index (χ2n) is 5.14. The number of imidazole rings is 1. The minimum absolute atomic E-state index is 0.0424. The van der Waals surface area contributed by atoms with Crippen molar-refractivity contribution in [3.05, 3.63) is 28.3 Å². The number of nitro groups is 1. The molecule has 3 rings (SSSR count). The van der Waals surface area contributed by atoms with Gasteiger partial charge in [-0.25, -0.2) is 4.98 Å². The Kier molecular flexibility index (Phi) is 3.06. The van der Waals surface area contributed by atoms with E-state index in [1.165, 1.54) is 12.1 Å². The normalized spacial score (nSPS) is 19.5. The van der Waals surface area contributed by atoms with Crippen molar-refractivity contribution in [2.45, 2.75) is 18.9 Å². The zero-order valence-electron chi connectivity index (χ0n) is 11.2. The molecule has 7 heteroatoms. The van der Waals surface area contributed by atoms with Gasteiger partial charge in [0.05, 0.1) is 22.1 Å². The Morgan fingerprint density at radius 1 is 1.50 bits per heavy atom. The molecule has 1 aliphatic heterocycles. The van der Waals surface area contributed by atoms with Crippen LogP contribution >= 0.6 is 0 Å². The van der Waals surface area contributed by atoms with E-state index in [-0.39, 0.29) is 11.8 Å². The van der Waals surface area contributed by atoms with Crippen molar-refractivity contribution in [1.82, 2.24) is 9.55 Å². The predicted molar refractivity (Wildman–Crippen MR) is 74.8 cm³/mol. The molecule has 0 spiro atoms. The second-order valence-corrected chi connectivity index (χ2v) is 5.14. The molecule has 0 bridgehead atoms. The molecule has 1 fully saturated rings. The monoisotopic (exact) mass is 276 g/mol. The van der Waals surface area contributed by atoms with E-state index < -0.39 is 4.92 Å². The molecule has 1 aliphatic rings.